The number of halogens is 1. The average molecular weight is 475 g/mol. The fraction of sp³-hybridized carbons (Fsp3) is 0.222. The Balaban J connectivity index is 1.79. The van der Waals surface area contributed by atoms with Crippen LogP contribution in [0, 0.1) is 5.82 Å². The molecular formula is C27H27FN4O3. The Hall–Kier alpha value is -4.20. The maximum atomic E-state index is 14.6. The van der Waals surface area contributed by atoms with Crippen LogP contribution in [0.1, 0.15) is 29.8 Å². The van der Waals surface area contributed by atoms with Crippen LogP contribution in [0.4, 0.5) is 10.1 Å². The number of rotatable bonds is 7. The lowest BCUT2D eigenvalue weighted by Crippen LogP contribution is -2.26. The molecule has 0 spiro atoms. The van der Waals surface area contributed by atoms with Gasteiger partial charge < -0.3 is 19.5 Å². The van der Waals surface area contributed by atoms with Crippen molar-refractivity contribution in [3.05, 3.63) is 77.6 Å². The van der Waals surface area contributed by atoms with E-state index in [2.05, 4.69) is 10.3 Å². The quantitative estimate of drug-likeness (QED) is 0.404. The molecule has 0 bridgehead atoms. The first-order valence-electron chi connectivity index (χ1n) is 11.3. The van der Waals surface area contributed by atoms with Gasteiger partial charge in [0, 0.05) is 32.6 Å². The Bertz CT molecular complexity index is 1410. The number of aromatic nitrogens is 2. The summed E-state index contributed by atoms with van der Waals surface area (Å²) in [4.78, 5) is 31.6. The molecule has 2 amide bonds. The molecular weight excluding hydrogens is 447 g/mol. The molecule has 0 unspecified atom stereocenters. The Morgan fingerprint density at radius 3 is 2.57 bits per heavy atom. The molecule has 1 N–H and O–H groups in total. The molecule has 180 valence electrons. The standard InChI is InChI=1S/C27H27FN4O3/c1-5-32-25-23(29-17(2)33)14-19(15-24(25)30-26(32)21-11-6-7-12-22(21)28)27(34)31(3)16-18-9-8-10-20(13-18)35-4/h6-15H,5,16H2,1-4H3,(H,29,33). The number of fused-ring (bicyclic) bond motifs is 1. The van der Waals surface area contributed by atoms with E-state index < -0.39 is 5.82 Å². The third-order valence-electron chi connectivity index (χ3n) is 5.73. The number of methoxy groups -OCH3 is 1. The summed E-state index contributed by atoms with van der Waals surface area (Å²) in [6, 6.07) is 17.2. The highest BCUT2D eigenvalue weighted by molar-refractivity contribution is 6.05. The average Bonchev–Trinajstić information content (AvgIpc) is 3.22. The topological polar surface area (TPSA) is 76.5 Å². The van der Waals surface area contributed by atoms with Crippen molar-refractivity contribution < 1.29 is 18.7 Å². The summed E-state index contributed by atoms with van der Waals surface area (Å²) >= 11 is 0. The summed E-state index contributed by atoms with van der Waals surface area (Å²) in [5.74, 6) is 0.231. The number of nitrogens with one attached hydrogen (secondary N) is 1. The van der Waals surface area contributed by atoms with E-state index in [4.69, 9.17) is 4.74 Å². The Morgan fingerprint density at radius 1 is 1.11 bits per heavy atom. The zero-order chi connectivity index (χ0) is 25.1. The van der Waals surface area contributed by atoms with Crippen molar-refractivity contribution in [3.63, 3.8) is 0 Å². The minimum absolute atomic E-state index is 0.236. The normalized spacial score (nSPS) is 10.9. The lowest BCUT2D eigenvalue weighted by molar-refractivity contribution is -0.114. The number of carbonyl (C=O) groups excluding carboxylic acids is 2. The van der Waals surface area contributed by atoms with Gasteiger partial charge in [-0.05, 0) is 48.9 Å². The van der Waals surface area contributed by atoms with Gasteiger partial charge in [0.25, 0.3) is 5.91 Å². The fourth-order valence-electron chi connectivity index (χ4n) is 4.17. The van der Waals surface area contributed by atoms with Gasteiger partial charge in [0.2, 0.25) is 5.91 Å². The zero-order valence-electron chi connectivity index (χ0n) is 20.1. The number of aryl methyl sites for hydroxylation is 1. The maximum absolute atomic E-state index is 14.6. The smallest absolute Gasteiger partial charge is 0.254 e. The van der Waals surface area contributed by atoms with Gasteiger partial charge in [-0.3, -0.25) is 9.59 Å². The van der Waals surface area contributed by atoms with Crippen LogP contribution in [0.5, 0.6) is 5.75 Å². The third-order valence-corrected chi connectivity index (χ3v) is 5.73. The van der Waals surface area contributed by atoms with Gasteiger partial charge in [0.05, 0.1) is 29.4 Å². The summed E-state index contributed by atoms with van der Waals surface area (Å²) in [6.07, 6.45) is 0. The van der Waals surface area contributed by atoms with Gasteiger partial charge in [0.15, 0.2) is 0 Å². The molecule has 0 aliphatic heterocycles. The number of carbonyl (C=O) groups is 2. The van der Waals surface area contributed by atoms with Crippen LogP contribution < -0.4 is 10.1 Å². The number of hydrogen-bond acceptors (Lipinski definition) is 4. The van der Waals surface area contributed by atoms with E-state index in [1.54, 1.807) is 49.4 Å². The lowest BCUT2D eigenvalue weighted by Gasteiger charge is -2.19. The van der Waals surface area contributed by atoms with Crippen LogP contribution in [0.15, 0.2) is 60.7 Å². The molecule has 8 heteroatoms. The number of imidazole rings is 1. The molecule has 0 aliphatic carbocycles. The van der Waals surface area contributed by atoms with Crippen molar-refractivity contribution in [2.75, 3.05) is 19.5 Å². The van der Waals surface area contributed by atoms with Crippen LogP contribution >= 0.6 is 0 Å². The SMILES string of the molecule is CCn1c(-c2ccccc2F)nc2cc(C(=O)N(C)Cc3cccc(OC)c3)cc(NC(C)=O)c21. The predicted molar refractivity (Wildman–Crippen MR) is 134 cm³/mol. The number of ether oxygens (including phenoxy) is 1. The second-order valence-corrected chi connectivity index (χ2v) is 8.24. The predicted octanol–water partition coefficient (Wildman–Crippen LogP) is 5.10. The summed E-state index contributed by atoms with van der Waals surface area (Å²) in [7, 11) is 3.30. The number of benzene rings is 3. The third kappa shape index (κ3) is 4.87. The molecule has 4 aromatic rings. The summed E-state index contributed by atoms with van der Waals surface area (Å²) < 4.78 is 21.7. The second kappa shape index (κ2) is 9.97. The molecule has 4 rings (SSSR count). The van der Waals surface area contributed by atoms with Crippen LogP contribution in [-0.2, 0) is 17.9 Å². The van der Waals surface area contributed by atoms with Gasteiger partial charge in [-0.1, -0.05) is 24.3 Å². The summed E-state index contributed by atoms with van der Waals surface area (Å²) in [5, 5.41) is 2.82. The zero-order valence-corrected chi connectivity index (χ0v) is 20.1. The highest BCUT2D eigenvalue weighted by atomic mass is 19.1. The highest BCUT2D eigenvalue weighted by Crippen LogP contribution is 2.32. The largest absolute Gasteiger partial charge is 0.497 e. The van der Waals surface area contributed by atoms with Crippen LogP contribution in [0.25, 0.3) is 22.4 Å². The van der Waals surface area contributed by atoms with Crippen molar-refractivity contribution in [1.82, 2.24) is 14.5 Å². The molecule has 0 fully saturated rings. The molecule has 0 saturated carbocycles. The molecule has 3 aromatic carbocycles. The Morgan fingerprint density at radius 2 is 1.89 bits per heavy atom. The molecule has 0 atom stereocenters. The number of hydrogen-bond donors (Lipinski definition) is 1. The molecule has 0 radical (unpaired) electrons. The van der Waals surface area contributed by atoms with Crippen LogP contribution in [-0.4, -0.2) is 40.4 Å². The van der Waals surface area contributed by atoms with Gasteiger partial charge in [-0.25, -0.2) is 9.37 Å². The fourth-order valence-corrected chi connectivity index (χ4v) is 4.17. The van der Waals surface area contributed by atoms with Gasteiger partial charge >= 0.3 is 0 Å². The van der Waals surface area contributed by atoms with Gasteiger partial charge in [-0.15, -0.1) is 0 Å². The second-order valence-electron chi connectivity index (χ2n) is 8.24. The van der Waals surface area contributed by atoms with E-state index in [0.717, 1.165) is 5.56 Å². The molecule has 35 heavy (non-hydrogen) atoms. The molecule has 0 aliphatic rings. The molecule has 1 aromatic heterocycles. The first-order chi connectivity index (χ1) is 16.8. The Kier molecular flexibility index (Phi) is 6.82. The van der Waals surface area contributed by atoms with Crippen LogP contribution in [0.2, 0.25) is 0 Å². The van der Waals surface area contributed by atoms with Gasteiger partial charge in [-0.2, -0.15) is 0 Å². The van der Waals surface area contributed by atoms with E-state index in [-0.39, 0.29) is 11.8 Å². The summed E-state index contributed by atoms with van der Waals surface area (Å²) in [6.45, 7) is 4.19. The van der Waals surface area contributed by atoms with E-state index in [1.807, 2.05) is 35.8 Å². The maximum Gasteiger partial charge on any atom is 0.254 e. The van der Waals surface area contributed by atoms with E-state index in [0.29, 0.717) is 52.5 Å². The van der Waals surface area contributed by atoms with Gasteiger partial charge in [0.1, 0.15) is 17.4 Å². The van der Waals surface area contributed by atoms with E-state index >= 15 is 0 Å². The number of anilines is 1. The molecule has 1 heterocycles. The highest BCUT2D eigenvalue weighted by Gasteiger charge is 2.22. The molecule has 0 saturated heterocycles. The van der Waals surface area contributed by atoms with Crippen molar-refractivity contribution >= 4 is 28.5 Å². The monoisotopic (exact) mass is 474 g/mol. The van der Waals surface area contributed by atoms with Crippen molar-refractivity contribution in [2.24, 2.45) is 0 Å². The minimum Gasteiger partial charge on any atom is -0.497 e. The first kappa shape index (κ1) is 23.9. The van der Waals surface area contributed by atoms with Crippen molar-refractivity contribution in [1.29, 1.82) is 0 Å². The van der Waals surface area contributed by atoms with E-state index in [1.165, 1.54) is 13.0 Å². The number of nitrogens with zero attached hydrogens (tertiary/aromatic N) is 3. The summed E-state index contributed by atoms with van der Waals surface area (Å²) in [5.41, 5.74) is 3.21. The first-order valence-corrected chi connectivity index (χ1v) is 11.3. The lowest BCUT2D eigenvalue weighted by atomic mass is 10.1. The van der Waals surface area contributed by atoms with E-state index in [9.17, 15) is 14.0 Å². The van der Waals surface area contributed by atoms with Crippen LogP contribution in [0.3, 0.4) is 0 Å². The minimum atomic E-state index is -0.395. The number of amides is 2. The van der Waals surface area contributed by atoms with Crippen molar-refractivity contribution in [3.8, 4) is 17.1 Å². The molecule has 7 nitrogen and oxygen atoms in total. The van der Waals surface area contributed by atoms with Crippen molar-refractivity contribution in [2.45, 2.75) is 26.9 Å². The Labute approximate surface area is 203 Å².